The molecule has 4 heteroatoms. The van der Waals surface area contributed by atoms with Gasteiger partial charge in [0, 0.05) is 19.6 Å². The van der Waals surface area contributed by atoms with Gasteiger partial charge in [-0.05, 0) is 38.8 Å². The molecule has 0 aromatic heterocycles. The number of benzene rings is 1. The number of carbonyl (C=O) groups excluding carboxylic acids is 1. The molecule has 2 N–H and O–H groups in total. The van der Waals surface area contributed by atoms with Gasteiger partial charge in [-0.25, -0.2) is 0 Å². The Balaban J connectivity index is 1.99. The minimum Gasteiger partial charge on any atom is -0.460 e. The largest absolute Gasteiger partial charge is 0.460 e. The van der Waals surface area contributed by atoms with E-state index in [9.17, 15) is 4.79 Å². The van der Waals surface area contributed by atoms with E-state index >= 15 is 0 Å². The number of likely N-dealkylation sites (tertiary alicyclic amines) is 1. The summed E-state index contributed by atoms with van der Waals surface area (Å²) in [5.74, 6) is -0.0463. The van der Waals surface area contributed by atoms with Crippen LogP contribution in [0.3, 0.4) is 0 Å². The van der Waals surface area contributed by atoms with Crippen LogP contribution in [0.25, 0.3) is 0 Å². The molecule has 21 heavy (non-hydrogen) atoms. The van der Waals surface area contributed by atoms with E-state index in [-0.39, 0.29) is 17.8 Å². The molecule has 0 spiro atoms. The van der Waals surface area contributed by atoms with Crippen LogP contribution in [-0.2, 0) is 16.1 Å². The normalized spacial score (nSPS) is 23.2. The molecule has 2 rings (SSSR count). The van der Waals surface area contributed by atoms with Crippen LogP contribution < -0.4 is 5.73 Å². The van der Waals surface area contributed by atoms with Crippen LogP contribution in [0.2, 0.25) is 0 Å². The Bertz CT molecular complexity index is 467. The lowest BCUT2D eigenvalue weighted by atomic mass is 9.96. The third-order valence-electron chi connectivity index (χ3n) is 3.78. The van der Waals surface area contributed by atoms with Crippen molar-refractivity contribution in [3.05, 3.63) is 35.9 Å². The Morgan fingerprint density at radius 3 is 2.52 bits per heavy atom. The molecule has 2 atom stereocenters. The van der Waals surface area contributed by atoms with Crippen molar-refractivity contribution in [2.45, 2.75) is 32.9 Å². The van der Waals surface area contributed by atoms with Gasteiger partial charge in [0.1, 0.15) is 5.60 Å². The van der Waals surface area contributed by atoms with E-state index < -0.39 is 5.60 Å². The number of hydrogen-bond donors (Lipinski definition) is 1. The molecule has 1 heterocycles. The van der Waals surface area contributed by atoms with Gasteiger partial charge in [-0.15, -0.1) is 0 Å². The average molecular weight is 290 g/mol. The molecule has 0 aliphatic carbocycles. The molecule has 0 saturated carbocycles. The third kappa shape index (κ3) is 4.55. The van der Waals surface area contributed by atoms with Gasteiger partial charge in [0.15, 0.2) is 0 Å². The van der Waals surface area contributed by atoms with Gasteiger partial charge in [0.25, 0.3) is 0 Å². The van der Waals surface area contributed by atoms with Crippen LogP contribution in [-0.4, -0.2) is 36.1 Å². The van der Waals surface area contributed by atoms with Crippen LogP contribution in [0.5, 0.6) is 0 Å². The molecule has 4 nitrogen and oxygen atoms in total. The molecule has 1 aliphatic heterocycles. The molecule has 0 unspecified atom stereocenters. The summed E-state index contributed by atoms with van der Waals surface area (Å²) in [5, 5.41) is 0. The van der Waals surface area contributed by atoms with Gasteiger partial charge in [0.2, 0.25) is 0 Å². The third-order valence-corrected chi connectivity index (χ3v) is 3.78. The minimum absolute atomic E-state index is 0.113. The van der Waals surface area contributed by atoms with E-state index in [1.165, 1.54) is 5.56 Å². The second kappa shape index (κ2) is 6.58. The summed E-state index contributed by atoms with van der Waals surface area (Å²) >= 11 is 0. The Hall–Kier alpha value is -1.39. The smallest absolute Gasteiger partial charge is 0.311 e. The number of carbonyl (C=O) groups is 1. The molecular formula is C17H26N2O2. The molecule has 0 radical (unpaired) electrons. The molecule has 116 valence electrons. The van der Waals surface area contributed by atoms with Crippen molar-refractivity contribution in [2.24, 2.45) is 17.6 Å². The lowest BCUT2D eigenvalue weighted by molar-refractivity contribution is -0.160. The Labute approximate surface area is 127 Å². The van der Waals surface area contributed by atoms with E-state index in [0.717, 1.165) is 19.6 Å². The number of nitrogens with two attached hydrogens (primary N) is 1. The van der Waals surface area contributed by atoms with Crippen LogP contribution in [0.15, 0.2) is 30.3 Å². The van der Waals surface area contributed by atoms with Gasteiger partial charge in [-0.3, -0.25) is 9.69 Å². The molecule has 0 amide bonds. The second-order valence-corrected chi connectivity index (χ2v) is 6.82. The molecule has 1 aromatic rings. The highest BCUT2D eigenvalue weighted by atomic mass is 16.6. The summed E-state index contributed by atoms with van der Waals surface area (Å²) in [6, 6.07) is 10.3. The first-order valence-electron chi connectivity index (χ1n) is 7.58. The first kappa shape index (κ1) is 16.0. The summed E-state index contributed by atoms with van der Waals surface area (Å²) in [6.45, 7) is 8.67. The maximum absolute atomic E-state index is 12.3. The minimum atomic E-state index is -0.441. The Morgan fingerprint density at radius 2 is 1.95 bits per heavy atom. The molecule has 1 saturated heterocycles. The van der Waals surface area contributed by atoms with Gasteiger partial charge in [-0.1, -0.05) is 30.3 Å². The standard InChI is InChI=1S/C17H26N2O2/c1-17(2,3)21-16(20)15-12-19(11-14(15)9-18)10-13-7-5-4-6-8-13/h4-8,14-15H,9-12,18H2,1-3H3/t14-,15-/m1/s1. The fraction of sp³-hybridized carbons (Fsp3) is 0.588. The quantitative estimate of drug-likeness (QED) is 0.862. The maximum Gasteiger partial charge on any atom is 0.311 e. The van der Waals surface area contributed by atoms with Crippen molar-refractivity contribution in [2.75, 3.05) is 19.6 Å². The van der Waals surface area contributed by atoms with E-state index in [1.807, 2.05) is 39.0 Å². The Kier molecular flexibility index (Phi) is 5.01. The highest BCUT2D eigenvalue weighted by molar-refractivity contribution is 5.74. The second-order valence-electron chi connectivity index (χ2n) is 6.82. The van der Waals surface area contributed by atoms with Crippen LogP contribution in [0.4, 0.5) is 0 Å². The van der Waals surface area contributed by atoms with Crippen molar-refractivity contribution in [3.8, 4) is 0 Å². The van der Waals surface area contributed by atoms with Crippen LogP contribution >= 0.6 is 0 Å². The maximum atomic E-state index is 12.3. The predicted octanol–water partition coefficient (Wildman–Crippen LogP) is 2.04. The average Bonchev–Trinajstić information content (AvgIpc) is 2.81. The number of nitrogens with zero attached hydrogens (tertiary/aromatic N) is 1. The van der Waals surface area contributed by atoms with Crippen molar-refractivity contribution in [1.82, 2.24) is 4.90 Å². The highest BCUT2D eigenvalue weighted by Gasteiger charge is 2.38. The molecule has 1 fully saturated rings. The highest BCUT2D eigenvalue weighted by Crippen LogP contribution is 2.27. The number of esters is 1. The zero-order chi connectivity index (χ0) is 15.5. The lowest BCUT2D eigenvalue weighted by Crippen LogP contribution is -2.34. The van der Waals surface area contributed by atoms with E-state index in [4.69, 9.17) is 10.5 Å². The van der Waals surface area contributed by atoms with E-state index in [0.29, 0.717) is 6.54 Å². The molecule has 0 bridgehead atoms. The lowest BCUT2D eigenvalue weighted by Gasteiger charge is -2.24. The Morgan fingerprint density at radius 1 is 1.29 bits per heavy atom. The summed E-state index contributed by atoms with van der Waals surface area (Å²) in [7, 11) is 0. The zero-order valence-corrected chi connectivity index (χ0v) is 13.2. The number of hydrogen-bond acceptors (Lipinski definition) is 4. The fourth-order valence-corrected chi connectivity index (χ4v) is 2.81. The van der Waals surface area contributed by atoms with Crippen LogP contribution in [0.1, 0.15) is 26.3 Å². The van der Waals surface area contributed by atoms with Gasteiger partial charge < -0.3 is 10.5 Å². The first-order chi connectivity index (χ1) is 9.89. The molecular weight excluding hydrogens is 264 g/mol. The SMILES string of the molecule is CC(C)(C)OC(=O)[C@@H]1CN(Cc2ccccc2)C[C@H]1CN. The van der Waals surface area contributed by atoms with Gasteiger partial charge in [0.05, 0.1) is 5.92 Å². The summed E-state index contributed by atoms with van der Waals surface area (Å²) < 4.78 is 5.53. The van der Waals surface area contributed by atoms with Crippen LogP contribution in [0, 0.1) is 11.8 Å². The molecule has 1 aliphatic rings. The van der Waals surface area contributed by atoms with Crippen molar-refractivity contribution in [3.63, 3.8) is 0 Å². The van der Waals surface area contributed by atoms with Crippen molar-refractivity contribution in [1.29, 1.82) is 0 Å². The summed E-state index contributed by atoms with van der Waals surface area (Å²) in [5.41, 5.74) is 6.67. The van der Waals surface area contributed by atoms with Crippen molar-refractivity contribution < 1.29 is 9.53 Å². The summed E-state index contributed by atoms with van der Waals surface area (Å²) in [4.78, 5) is 14.6. The predicted molar refractivity (Wildman–Crippen MR) is 83.6 cm³/mol. The van der Waals surface area contributed by atoms with E-state index in [2.05, 4.69) is 17.0 Å². The fourth-order valence-electron chi connectivity index (χ4n) is 2.81. The van der Waals surface area contributed by atoms with Crippen molar-refractivity contribution >= 4 is 5.97 Å². The van der Waals surface area contributed by atoms with Gasteiger partial charge in [-0.2, -0.15) is 0 Å². The number of ether oxygens (including phenoxy) is 1. The first-order valence-corrected chi connectivity index (χ1v) is 7.58. The number of rotatable bonds is 4. The zero-order valence-electron chi connectivity index (χ0n) is 13.2. The van der Waals surface area contributed by atoms with Gasteiger partial charge >= 0.3 is 5.97 Å². The van der Waals surface area contributed by atoms with E-state index in [1.54, 1.807) is 0 Å². The monoisotopic (exact) mass is 290 g/mol. The molecule has 1 aromatic carbocycles. The summed E-state index contributed by atoms with van der Waals surface area (Å²) in [6.07, 6.45) is 0. The topological polar surface area (TPSA) is 55.6 Å².